The van der Waals surface area contributed by atoms with Crippen molar-refractivity contribution in [3.05, 3.63) is 66.6 Å². The van der Waals surface area contributed by atoms with Crippen molar-refractivity contribution in [2.75, 3.05) is 13.2 Å². The highest BCUT2D eigenvalue weighted by Crippen LogP contribution is 2.24. The van der Waals surface area contributed by atoms with Gasteiger partial charge in [-0.25, -0.2) is 0 Å². The Hall–Kier alpha value is -2.75. The van der Waals surface area contributed by atoms with Crippen LogP contribution in [-0.4, -0.2) is 19.1 Å². The van der Waals surface area contributed by atoms with Crippen LogP contribution < -0.4 is 10.1 Å². The summed E-state index contributed by atoms with van der Waals surface area (Å²) in [6.07, 6.45) is 1.47. The summed E-state index contributed by atoms with van der Waals surface area (Å²) in [6, 6.07) is 17.3. The van der Waals surface area contributed by atoms with E-state index in [9.17, 15) is 4.79 Å². The Labute approximate surface area is 122 Å². The number of carbonyl (C=O) groups is 1. The predicted molar refractivity (Wildman–Crippen MR) is 80.5 cm³/mol. The van der Waals surface area contributed by atoms with E-state index in [2.05, 4.69) is 5.32 Å². The zero-order valence-corrected chi connectivity index (χ0v) is 11.4. The highest BCUT2D eigenvalue weighted by molar-refractivity contribution is 5.91. The number of ether oxygens (including phenoxy) is 1. The first-order chi connectivity index (χ1) is 10.3. The van der Waals surface area contributed by atoms with Gasteiger partial charge in [0.25, 0.3) is 5.91 Å². The molecule has 0 aliphatic carbocycles. The fraction of sp³-hybridized carbons (Fsp3) is 0.118. The molecule has 0 bridgehead atoms. The number of rotatable bonds is 5. The Bertz CT molecular complexity index is 729. The fourth-order valence-corrected chi connectivity index (χ4v) is 2.14. The molecule has 4 nitrogen and oxygen atoms in total. The molecule has 1 heterocycles. The normalized spacial score (nSPS) is 10.5. The highest BCUT2D eigenvalue weighted by atomic mass is 16.5. The zero-order valence-electron chi connectivity index (χ0n) is 11.4. The molecule has 0 saturated heterocycles. The van der Waals surface area contributed by atoms with Gasteiger partial charge in [0, 0.05) is 5.39 Å². The van der Waals surface area contributed by atoms with E-state index in [0.717, 1.165) is 16.5 Å². The van der Waals surface area contributed by atoms with Crippen LogP contribution in [0, 0.1) is 0 Å². The molecule has 1 aromatic heterocycles. The molecule has 0 aliphatic rings. The third-order valence-corrected chi connectivity index (χ3v) is 3.14. The van der Waals surface area contributed by atoms with E-state index in [4.69, 9.17) is 9.15 Å². The predicted octanol–water partition coefficient (Wildman–Crippen LogP) is 3.24. The van der Waals surface area contributed by atoms with Gasteiger partial charge in [0.1, 0.15) is 12.4 Å². The lowest BCUT2D eigenvalue weighted by atomic mass is 10.1. The summed E-state index contributed by atoms with van der Waals surface area (Å²) < 4.78 is 10.8. The number of nitrogens with one attached hydrogen (secondary N) is 1. The standard InChI is InChI=1S/C17H15NO3/c19-17(16-9-4-11-20-16)18-10-12-21-15-8-3-6-13-5-1-2-7-14(13)15/h1-9,11H,10,12H2,(H,18,19). The van der Waals surface area contributed by atoms with E-state index in [1.54, 1.807) is 12.1 Å². The third-order valence-electron chi connectivity index (χ3n) is 3.14. The van der Waals surface area contributed by atoms with Crippen LogP contribution in [-0.2, 0) is 0 Å². The summed E-state index contributed by atoms with van der Waals surface area (Å²) in [6.45, 7) is 0.823. The Morgan fingerprint density at radius 2 is 1.90 bits per heavy atom. The average Bonchev–Trinajstić information content (AvgIpc) is 3.06. The second-order valence-corrected chi connectivity index (χ2v) is 4.56. The lowest BCUT2D eigenvalue weighted by Crippen LogP contribution is -2.27. The molecule has 106 valence electrons. The summed E-state index contributed by atoms with van der Waals surface area (Å²) in [4.78, 5) is 11.7. The minimum Gasteiger partial charge on any atom is -0.491 e. The summed E-state index contributed by atoms with van der Waals surface area (Å²) in [5.41, 5.74) is 0. The molecule has 1 amide bonds. The van der Waals surface area contributed by atoms with Crippen molar-refractivity contribution in [1.82, 2.24) is 5.32 Å². The fourth-order valence-electron chi connectivity index (χ4n) is 2.14. The van der Waals surface area contributed by atoms with Gasteiger partial charge in [-0.05, 0) is 23.6 Å². The SMILES string of the molecule is O=C(NCCOc1cccc2ccccc12)c1ccco1. The van der Waals surface area contributed by atoms with Gasteiger partial charge in [-0.15, -0.1) is 0 Å². The zero-order chi connectivity index (χ0) is 14.5. The summed E-state index contributed by atoms with van der Waals surface area (Å²) in [5.74, 6) is 0.891. The maximum Gasteiger partial charge on any atom is 0.287 e. The van der Waals surface area contributed by atoms with E-state index in [0.29, 0.717) is 18.9 Å². The molecule has 21 heavy (non-hydrogen) atoms. The molecule has 0 radical (unpaired) electrons. The van der Waals surface area contributed by atoms with Crippen molar-refractivity contribution in [2.45, 2.75) is 0 Å². The smallest absolute Gasteiger partial charge is 0.287 e. The molecule has 3 rings (SSSR count). The molecule has 0 aliphatic heterocycles. The van der Waals surface area contributed by atoms with Crippen molar-refractivity contribution in [3.8, 4) is 5.75 Å². The van der Waals surface area contributed by atoms with Crippen LogP contribution in [0.2, 0.25) is 0 Å². The lowest BCUT2D eigenvalue weighted by molar-refractivity contribution is 0.0919. The molecule has 3 aromatic rings. The first kappa shape index (κ1) is 13.2. The number of amides is 1. The molecular formula is C17H15NO3. The van der Waals surface area contributed by atoms with E-state index in [1.165, 1.54) is 6.26 Å². The number of hydrogen-bond acceptors (Lipinski definition) is 3. The summed E-state index contributed by atoms with van der Waals surface area (Å²) in [5, 5.41) is 4.95. The number of hydrogen-bond donors (Lipinski definition) is 1. The first-order valence-corrected chi connectivity index (χ1v) is 6.77. The van der Waals surface area contributed by atoms with Gasteiger partial charge in [0.05, 0.1) is 12.8 Å². The van der Waals surface area contributed by atoms with Crippen LogP contribution in [0.1, 0.15) is 10.6 Å². The largest absolute Gasteiger partial charge is 0.491 e. The molecule has 4 heteroatoms. The molecule has 0 fully saturated rings. The van der Waals surface area contributed by atoms with Crippen LogP contribution in [0.3, 0.4) is 0 Å². The van der Waals surface area contributed by atoms with Crippen molar-refractivity contribution in [2.24, 2.45) is 0 Å². The topological polar surface area (TPSA) is 51.5 Å². The Morgan fingerprint density at radius 3 is 2.76 bits per heavy atom. The molecule has 0 saturated carbocycles. The van der Waals surface area contributed by atoms with Crippen LogP contribution >= 0.6 is 0 Å². The van der Waals surface area contributed by atoms with Gasteiger partial charge in [-0.2, -0.15) is 0 Å². The van der Waals surface area contributed by atoms with Crippen molar-refractivity contribution < 1.29 is 13.9 Å². The molecule has 2 aromatic carbocycles. The van der Waals surface area contributed by atoms with Gasteiger partial charge < -0.3 is 14.5 Å². The van der Waals surface area contributed by atoms with Gasteiger partial charge >= 0.3 is 0 Å². The average molecular weight is 281 g/mol. The number of carbonyl (C=O) groups excluding carboxylic acids is 1. The van der Waals surface area contributed by atoms with Crippen molar-refractivity contribution in [3.63, 3.8) is 0 Å². The van der Waals surface area contributed by atoms with Crippen LogP contribution in [0.5, 0.6) is 5.75 Å². The van der Waals surface area contributed by atoms with Gasteiger partial charge in [-0.1, -0.05) is 36.4 Å². The number of fused-ring (bicyclic) bond motifs is 1. The van der Waals surface area contributed by atoms with Crippen LogP contribution in [0.25, 0.3) is 10.8 Å². The quantitative estimate of drug-likeness (QED) is 0.730. The maximum absolute atomic E-state index is 11.7. The monoisotopic (exact) mass is 281 g/mol. The highest BCUT2D eigenvalue weighted by Gasteiger charge is 2.07. The molecule has 0 spiro atoms. The minimum absolute atomic E-state index is 0.235. The second-order valence-electron chi connectivity index (χ2n) is 4.56. The second kappa shape index (κ2) is 6.13. The van der Waals surface area contributed by atoms with E-state index in [-0.39, 0.29) is 5.91 Å². The number of furan rings is 1. The van der Waals surface area contributed by atoms with Crippen LogP contribution in [0.15, 0.2) is 65.3 Å². The van der Waals surface area contributed by atoms with Gasteiger partial charge in [0.15, 0.2) is 5.76 Å². The molecule has 1 N–H and O–H groups in total. The van der Waals surface area contributed by atoms with Gasteiger partial charge in [-0.3, -0.25) is 4.79 Å². The third kappa shape index (κ3) is 3.05. The van der Waals surface area contributed by atoms with Gasteiger partial charge in [0.2, 0.25) is 0 Å². The Balaban J connectivity index is 1.56. The van der Waals surface area contributed by atoms with E-state index in [1.807, 2.05) is 42.5 Å². The molecule has 0 unspecified atom stereocenters. The molecule has 0 atom stereocenters. The maximum atomic E-state index is 11.7. The van der Waals surface area contributed by atoms with Crippen LogP contribution in [0.4, 0.5) is 0 Å². The lowest BCUT2D eigenvalue weighted by Gasteiger charge is -2.09. The summed E-state index contributed by atoms with van der Waals surface area (Å²) in [7, 11) is 0. The van der Waals surface area contributed by atoms with E-state index < -0.39 is 0 Å². The van der Waals surface area contributed by atoms with E-state index >= 15 is 0 Å². The minimum atomic E-state index is -0.235. The molecular weight excluding hydrogens is 266 g/mol. The first-order valence-electron chi connectivity index (χ1n) is 6.77. The Morgan fingerprint density at radius 1 is 1.05 bits per heavy atom. The summed E-state index contributed by atoms with van der Waals surface area (Å²) >= 11 is 0. The van der Waals surface area contributed by atoms with Crippen molar-refractivity contribution in [1.29, 1.82) is 0 Å². The van der Waals surface area contributed by atoms with Crippen molar-refractivity contribution >= 4 is 16.7 Å². The number of benzene rings is 2. The Kier molecular flexibility index (Phi) is 3.87.